The predicted octanol–water partition coefficient (Wildman–Crippen LogP) is 13.7. The zero-order valence-corrected chi connectivity index (χ0v) is 44.3. The molecule has 2 aliphatic rings. The lowest BCUT2D eigenvalue weighted by molar-refractivity contribution is -0.145. The molecular weight excluding hydrogens is 869 g/mol. The van der Waals surface area contributed by atoms with Crippen LogP contribution in [0.15, 0.2) is 0 Å². The molecule has 386 valence electrons. The van der Waals surface area contributed by atoms with Crippen LogP contribution in [0.5, 0.6) is 0 Å². The van der Waals surface area contributed by atoms with Crippen molar-refractivity contribution in [1.29, 1.82) is 0 Å². The molecule has 0 aromatic carbocycles. The number of hydrogen-bond acceptors (Lipinski definition) is 12. The maximum absolute atomic E-state index is 12.3. The van der Waals surface area contributed by atoms with Gasteiger partial charge >= 0.3 is 23.9 Å². The minimum absolute atomic E-state index is 0.0629. The molecule has 0 N–H and O–H groups in total. The molecule has 0 atom stereocenters. The summed E-state index contributed by atoms with van der Waals surface area (Å²) in [5, 5.41) is 0. The molecule has 2 aliphatic heterocycles. The summed E-state index contributed by atoms with van der Waals surface area (Å²) in [5.41, 5.74) is 0. The first kappa shape index (κ1) is 60.6. The molecule has 0 aromatic heterocycles. The van der Waals surface area contributed by atoms with Crippen LogP contribution in [-0.4, -0.2) is 111 Å². The van der Waals surface area contributed by atoms with Crippen LogP contribution in [0.4, 0.5) is 0 Å². The van der Waals surface area contributed by atoms with Crippen LogP contribution in [-0.2, 0) is 38.1 Å². The Morgan fingerprint density at radius 2 is 0.652 bits per heavy atom. The highest BCUT2D eigenvalue weighted by atomic mass is 33.1. The summed E-state index contributed by atoms with van der Waals surface area (Å²) in [5.74, 6) is 3.39. The molecule has 0 unspecified atom stereocenters. The number of carbonyl (C=O) groups is 4. The van der Waals surface area contributed by atoms with Gasteiger partial charge in [0.15, 0.2) is 0 Å². The quantitative estimate of drug-likeness (QED) is 0.0251. The van der Waals surface area contributed by atoms with Crippen molar-refractivity contribution in [3.63, 3.8) is 0 Å². The molecular formula is C54H100N2O8S2. The first-order valence-corrected chi connectivity index (χ1v) is 30.2. The summed E-state index contributed by atoms with van der Waals surface area (Å²) in [6.45, 7) is 13.6. The number of hydrogen-bond donors (Lipinski definition) is 0. The largest absolute Gasteiger partial charge is 0.466 e. The van der Waals surface area contributed by atoms with Gasteiger partial charge in [0.1, 0.15) is 0 Å². The third-order valence-corrected chi connectivity index (χ3v) is 16.0. The fourth-order valence-corrected chi connectivity index (χ4v) is 11.1. The molecule has 2 fully saturated rings. The van der Waals surface area contributed by atoms with E-state index in [1.54, 1.807) is 0 Å². The van der Waals surface area contributed by atoms with Crippen molar-refractivity contribution in [3.8, 4) is 0 Å². The standard InChI is InChI=1S/C54H100N2O8S2/c1-3-5-7-9-11-19-25-43-61-51(57)27-21-15-13-17-23-29-53(59)63-45-35-49-31-37-55(38-32-49)41-47-65-66-48-42-56-39-33-50(34-40-56)36-46-64-54(60)30-24-18-14-16-22-28-52(58)62-44-26-20-12-10-8-6-4-2/h49-50H,3-48H2,1-2H3. The fraction of sp³-hybridized carbons (Fsp3) is 0.926. The summed E-state index contributed by atoms with van der Waals surface area (Å²) in [7, 11) is 4.02. The second-order valence-corrected chi connectivity index (χ2v) is 22.2. The number of carbonyl (C=O) groups excluding carboxylic acids is 4. The van der Waals surface area contributed by atoms with Crippen LogP contribution in [0.25, 0.3) is 0 Å². The molecule has 10 nitrogen and oxygen atoms in total. The zero-order chi connectivity index (χ0) is 47.4. The molecule has 2 rings (SSSR count). The van der Waals surface area contributed by atoms with Gasteiger partial charge in [0.2, 0.25) is 0 Å². The highest BCUT2D eigenvalue weighted by molar-refractivity contribution is 8.76. The van der Waals surface area contributed by atoms with Crippen molar-refractivity contribution in [2.45, 2.75) is 232 Å². The second-order valence-electron chi connectivity index (χ2n) is 19.5. The molecule has 0 radical (unpaired) electrons. The molecule has 0 amide bonds. The van der Waals surface area contributed by atoms with Crippen LogP contribution in [0.2, 0.25) is 0 Å². The van der Waals surface area contributed by atoms with Crippen molar-refractivity contribution in [3.05, 3.63) is 0 Å². The van der Waals surface area contributed by atoms with Crippen LogP contribution in [0, 0.1) is 11.8 Å². The van der Waals surface area contributed by atoms with E-state index in [4.69, 9.17) is 18.9 Å². The van der Waals surface area contributed by atoms with Gasteiger partial charge < -0.3 is 28.7 Å². The zero-order valence-electron chi connectivity index (χ0n) is 42.7. The van der Waals surface area contributed by atoms with Gasteiger partial charge in [-0.25, -0.2) is 0 Å². The highest BCUT2D eigenvalue weighted by Crippen LogP contribution is 2.26. The van der Waals surface area contributed by atoms with Crippen molar-refractivity contribution in [1.82, 2.24) is 9.80 Å². The molecule has 66 heavy (non-hydrogen) atoms. The summed E-state index contributed by atoms with van der Waals surface area (Å²) in [6.07, 6.45) is 35.5. The molecule has 0 aromatic rings. The Labute approximate surface area is 412 Å². The van der Waals surface area contributed by atoms with Gasteiger partial charge in [-0.05, 0) is 115 Å². The summed E-state index contributed by atoms with van der Waals surface area (Å²) in [6, 6.07) is 0. The molecule has 2 heterocycles. The highest BCUT2D eigenvalue weighted by Gasteiger charge is 2.21. The van der Waals surface area contributed by atoms with Crippen LogP contribution < -0.4 is 0 Å². The maximum Gasteiger partial charge on any atom is 0.305 e. The van der Waals surface area contributed by atoms with Gasteiger partial charge in [0.25, 0.3) is 0 Å². The molecule has 0 spiro atoms. The van der Waals surface area contributed by atoms with Gasteiger partial charge in [-0.3, -0.25) is 19.2 Å². The van der Waals surface area contributed by atoms with E-state index >= 15 is 0 Å². The van der Waals surface area contributed by atoms with E-state index in [1.165, 1.54) is 89.9 Å². The third-order valence-electron chi connectivity index (χ3n) is 13.6. The minimum atomic E-state index is -0.0637. The molecule has 0 aliphatic carbocycles. The monoisotopic (exact) mass is 969 g/mol. The Balaban J connectivity index is 1.29. The van der Waals surface area contributed by atoms with Crippen molar-refractivity contribution in [2.75, 3.05) is 77.2 Å². The van der Waals surface area contributed by atoms with E-state index in [-0.39, 0.29) is 23.9 Å². The Morgan fingerprint density at radius 1 is 0.379 bits per heavy atom. The van der Waals surface area contributed by atoms with Gasteiger partial charge in [-0.2, -0.15) is 0 Å². The Morgan fingerprint density at radius 3 is 0.970 bits per heavy atom. The number of ether oxygens (including phenoxy) is 4. The number of rotatable bonds is 45. The van der Waals surface area contributed by atoms with Crippen molar-refractivity contribution >= 4 is 45.5 Å². The van der Waals surface area contributed by atoms with Crippen LogP contribution >= 0.6 is 21.6 Å². The van der Waals surface area contributed by atoms with Crippen LogP contribution in [0.3, 0.4) is 0 Å². The number of unbranched alkanes of at least 4 members (excludes halogenated alkanes) is 20. The van der Waals surface area contributed by atoms with E-state index in [0.717, 1.165) is 154 Å². The molecule has 0 bridgehead atoms. The Kier molecular flexibility index (Phi) is 41.0. The summed E-state index contributed by atoms with van der Waals surface area (Å²) < 4.78 is 21.9. The average molecular weight is 970 g/mol. The lowest BCUT2D eigenvalue weighted by atomic mass is 9.94. The van der Waals surface area contributed by atoms with E-state index < -0.39 is 0 Å². The summed E-state index contributed by atoms with van der Waals surface area (Å²) in [4.78, 5) is 53.6. The van der Waals surface area contributed by atoms with Crippen LogP contribution in [0.1, 0.15) is 232 Å². The van der Waals surface area contributed by atoms with E-state index in [2.05, 4.69) is 23.6 Å². The first-order valence-electron chi connectivity index (χ1n) is 27.7. The smallest absolute Gasteiger partial charge is 0.305 e. The Hall–Kier alpha value is -1.50. The lowest BCUT2D eigenvalue weighted by Gasteiger charge is -2.32. The minimum Gasteiger partial charge on any atom is -0.466 e. The topological polar surface area (TPSA) is 112 Å². The fourth-order valence-electron chi connectivity index (χ4n) is 9.04. The average Bonchev–Trinajstić information content (AvgIpc) is 3.32. The molecule has 12 heteroatoms. The first-order chi connectivity index (χ1) is 32.4. The van der Waals surface area contributed by atoms with Gasteiger partial charge in [-0.1, -0.05) is 151 Å². The number of piperidine rings is 2. The van der Waals surface area contributed by atoms with Gasteiger partial charge in [0.05, 0.1) is 26.4 Å². The predicted molar refractivity (Wildman–Crippen MR) is 277 cm³/mol. The SMILES string of the molecule is CCCCCCCCCOC(=O)CCCCCCCC(=O)OCCC1CCN(CCSSCCN2CCC(CCOC(=O)CCCCCCCC(=O)OCCCCCCCCC)CC2)CC1. The van der Waals surface area contributed by atoms with E-state index in [0.29, 0.717) is 63.9 Å². The van der Waals surface area contributed by atoms with Gasteiger partial charge in [-0.15, -0.1) is 0 Å². The molecule has 2 saturated heterocycles. The number of esters is 4. The third kappa shape index (κ3) is 37.4. The van der Waals surface area contributed by atoms with Crippen molar-refractivity contribution in [2.24, 2.45) is 11.8 Å². The number of nitrogens with zero attached hydrogens (tertiary/aromatic N) is 2. The second kappa shape index (κ2) is 44.7. The lowest BCUT2D eigenvalue weighted by Crippen LogP contribution is -2.36. The normalized spacial score (nSPS) is 15.2. The summed E-state index contributed by atoms with van der Waals surface area (Å²) >= 11 is 0. The Bertz CT molecular complexity index is 1080. The maximum atomic E-state index is 12.3. The van der Waals surface area contributed by atoms with E-state index in [9.17, 15) is 19.2 Å². The van der Waals surface area contributed by atoms with E-state index in [1.807, 2.05) is 21.6 Å². The van der Waals surface area contributed by atoms with Crippen molar-refractivity contribution < 1.29 is 38.1 Å². The van der Waals surface area contributed by atoms with Gasteiger partial charge in [0, 0.05) is 50.3 Å². The number of likely N-dealkylation sites (tertiary alicyclic amines) is 2. The molecule has 0 saturated carbocycles.